The minimum atomic E-state index is -0.538. The standard InChI is InChI=1S/C12H8BrClFN5/c1-16-12-18-10(6-4-17-20-11(6)19-12)5-2-3-7(13)8(14)9(5)15/h2-4H,1H3,(H2,16,17,18,19,20). The van der Waals surface area contributed by atoms with E-state index >= 15 is 0 Å². The van der Waals surface area contributed by atoms with Gasteiger partial charge in [0, 0.05) is 17.1 Å². The second kappa shape index (κ2) is 4.99. The molecule has 2 heterocycles. The molecule has 0 bridgehead atoms. The molecule has 3 rings (SSSR count). The lowest BCUT2D eigenvalue weighted by Gasteiger charge is -2.08. The van der Waals surface area contributed by atoms with E-state index in [-0.39, 0.29) is 5.02 Å². The van der Waals surface area contributed by atoms with E-state index in [1.54, 1.807) is 25.4 Å². The van der Waals surface area contributed by atoms with Gasteiger partial charge in [-0.2, -0.15) is 10.1 Å². The molecule has 0 aliphatic carbocycles. The number of fused-ring (bicyclic) bond motifs is 1. The first kappa shape index (κ1) is 13.3. The molecule has 20 heavy (non-hydrogen) atoms. The molecule has 3 aromatic rings. The second-order valence-electron chi connectivity index (χ2n) is 4.00. The highest BCUT2D eigenvalue weighted by molar-refractivity contribution is 9.10. The van der Waals surface area contributed by atoms with Crippen molar-refractivity contribution in [1.29, 1.82) is 0 Å². The average molecular weight is 357 g/mol. The molecule has 8 heteroatoms. The molecule has 0 saturated heterocycles. The predicted molar refractivity (Wildman–Crippen MR) is 79.3 cm³/mol. The fourth-order valence-corrected chi connectivity index (χ4v) is 2.33. The maximum atomic E-state index is 14.3. The van der Waals surface area contributed by atoms with Crippen molar-refractivity contribution in [2.75, 3.05) is 12.4 Å². The number of hydrogen-bond acceptors (Lipinski definition) is 4. The van der Waals surface area contributed by atoms with Gasteiger partial charge in [0.15, 0.2) is 11.5 Å². The van der Waals surface area contributed by atoms with Gasteiger partial charge in [0.2, 0.25) is 5.95 Å². The Bertz CT molecular complexity index is 804. The summed E-state index contributed by atoms with van der Waals surface area (Å²) < 4.78 is 14.8. The molecule has 0 unspecified atom stereocenters. The van der Waals surface area contributed by atoms with Gasteiger partial charge in [0.25, 0.3) is 0 Å². The molecule has 0 atom stereocenters. The van der Waals surface area contributed by atoms with Crippen LogP contribution in [0.15, 0.2) is 22.8 Å². The number of halogens is 3. The second-order valence-corrected chi connectivity index (χ2v) is 5.23. The topological polar surface area (TPSA) is 66.5 Å². The summed E-state index contributed by atoms with van der Waals surface area (Å²) >= 11 is 9.11. The Balaban J connectivity index is 2.34. The number of nitrogens with zero attached hydrogens (tertiary/aromatic N) is 3. The van der Waals surface area contributed by atoms with Gasteiger partial charge < -0.3 is 5.32 Å². The summed E-state index contributed by atoms with van der Waals surface area (Å²) in [6.07, 6.45) is 1.56. The number of aromatic amines is 1. The number of anilines is 1. The van der Waals surface area contributed by atoms with Crippen LogP contribution >= 0.6 is 27.5 Å². The van der Waals surface area contributed by atoms with E-state index in [1.165, 1.54) is 0 Å². The maximum Gasteiger partial charge on any atom is 0.225 e. The lowest BCUT2D eigenvalue weighted by molar-refractivity contribution is 0.630. The van der Waals surface area contributed by atoms with Crippen LogP contribution in [-0.4, -0.2) is 27.2 Å². The first-order valence-corrected chi connectivity index (χ1v) is 6.81. The van der Waals surface area contributed by atoms with E-state index in [2.05, 4.69) is 41.4 Å². The van der Waals surface area contributed by atoms with Crippen LogP contribution in [0.25, 0.3) is 22.3 Å². The highest BCUT2D eigenvalue weighted by atomic mass is 79.9. The highest BCUT2D eigenvalue weighted by Crippen LogP contribution is 2.34. The Kier molecular flexibility index (Phi) is 3.31. The van der Waals surface area contributed by atoms with Crippen LogP contribution in [0.2, 0.25) is 5.02 Å². The fraction of sp³-hybridized carbons (Fsp3) is 0.0833. The van der Waals surface area contributed by atoms with Crippen molar-refractivity contribution in [3.8, 4) is 11.3 Å². The van der Waals surface area contributed by atoms with Gasteiger partial charge in [0.1, 0.15) is 0 Å². The summed E-state index contributed by atoms with van der Waals surface area (Å²) in [6.45, 7) is 0. The van der Waals surface area contributed by atoms with Gasteiger partial charge in [-0.05, 0) is 28.1 Å². The van der Waals surface area contributed by atoms with Gasteiger partial charge in [-0.3, -0.25) is 5.10 Å². The van der Waals surface area contributed by atoms with Crippen LogP contribution in [0.3, 0.4) is 0 Å². The SMILES string of the molecule is CNc1nc(-c2ccc(Br)c(Cl)c2F)c2cn[nH]c2n1. The molecule has 102 valence electrons. The Morgan fingerprint density at radius 2 is 2.15 bits per heavy atom. The fourth-order valence-electron chi connectivity index (χ4n) is 1.86. The Morgan fingerprint density at radius 1 is 1.35 bits per heavy atom. The van der Waals surface area contributed by atoms with Crippen molar-refractivity contribution in [2.24, 2.45) is 0 Å². The zero-order chi connectivity index (χ0) is 14.3. The van der Waals surface area contributed by atoms with Crippen molar-refractivity contribution in [3.63, 3.8) is 0 Å². The van der Waals surface area contributed by atoms with Crippen LogP contribution in [-0.2, 0) is 0 Å². The Morgan fingerprint density at radius 3 is 2.90 bits per heavy atom. The van der Waals surface area contributed by atoms with Crippen LogP contribution in [0.1, 0.15) is 0 Å². The molecular formula is C12H8BrClFN5. The van der Waals surface area contributed by atoms with Gasteiger partial charge in [-0.1, -0.05) is 11.6 Å². The lowest BCUT2D eigenvalue weighted by Crippen LogP contribution is -1.99. The number of aromatic nitrogens is 4. The molecule has 2 N–H and O–H groups in total. The first-order chi connectivity index (χ1) is 9.61. The summed E-state index contributed by atoms with van der Waals surface area (Å²) in [6, 6.07) is 3.29. The monoisotopic (exact) mass is 355 g/mol. The van der Waals surface area contributed by atoms with Crippen LogP contribution < -0.4 is 5.32 Å². The third-order valence-electron chi connectivity index (χ3n) is 2.82. The summed E-state index contributed by atoms with van der Waals surface area (Å²) in [5.41, 5.74) is 1.25. The molecule has 1 aromatic carbocycles. The Labute approximate surface area is 126 Å². The Hall–Kier alpha value is -1.73. The maximum absolute atomic E-state index is 14.3. The van der Waals surface area contributed by atoms with Crippen LogP contribution in [0.4, 0.5) is 10.3 Å². The van der Waals surface area contributed by atoms with Gasteiger partial charge >= 0.3 is 0 Å². The van der Waals surface area contributed by atoms with Crippen molar-refractivity contribution in [3.05, 3.63) is 33.6 Å². The molecule has 0 amide bonds. The molecule has 0 fully saturated rings. The summed E-state index contributed by atoms with van der Waals surface area (Å²) in [4.78, 5) is 8.50. The third kappa shape index (κ3) is 2.03. The van der Waals surface area contributed by atoms with Crippen LogP contribution in [0.5, 0.6) is 0 Å². The van der Waals surface area contributed by atoms with E-state index in [0.717, 1.165) is 0 Å². The number of H-pyrrole nitrogens is 1. The molecule has 0 aliphatic heterocycles. The first-order valence-electron chi connectivity index (χ1n) is 5.64. The number of rotatable bonds is 2. The molecule has 0 saturated carbocycles. The third-order valence-corrected chi connectivity index (χ3v) is 4.08. The molecule has 0 radical (unpaired) electrons. The van der Waals surface area contributed by atoms with E-state index in [4.69, 9.17) is 11.6 Å². The van der Waals surface area contributed by atoms with E-state index in [0.29, 0.717) is 32.7 Å². The van der Waals surface area contributed by atoms with Crippen molar-refractivity contribution < 1.29 is 4.39 Å². The minimum Gasteiger partial charge on any atom is -0.357 e. The lowest BCUT2D eigenvalue weighted by atomic mass is 10.1. The number of hydrogen-bond donors (Lipinski definition) is 2. The van der Waals surface area contributed by atoms with E-state index < -0.39 is 5.82 Å². The van der Waals surface area contributed by atoms with E-state index in [9.17, 15) is 4.39 Å². The van der Waals surface area contributed by atoms with Crippen LogP contribution in [0, 0.1) is 5.82 Å². The molecular weight excluding hydrogens is 349 g/mol. The van der Waals surface area contributed by atoms with Gasteiger partial charge in [-0.15, -0.1) is 0 Å². The van der Waals surface area contributed by atoms with Crippen molar-refractivity contribution >= 4 is 44.5 Å². The zero-order valence-electron chi connectivity index (χ0n) is 10.2. The molecule has 0 spiro atoms. The zero-order valence-corrected chi connectivity index (χ0v) is 12.5. The van der Waals surface area contributed by atoms with E-state index in [1.807, 2.05) is 0 Å². The van der Waals surface area contributed by atoms with Crippen molar-refractivity contribution in [2.45, 2.75) is 0 Å². The summed E-state index contributed by atoms with van der Waals surface area (Å²) in [5.74, 6) is -0.167. The summed E-state index contributed by atoms with van der Waals surface area (Å²) in [7, 11) is 1.69. The van der Waals surface area contributed by atoms with Crippen molar-refractivity contribution in [1.82, 2.24) is 20.2 Å². The normalized spacial score (nSPS) is 11.0. The minimum absolute atomic E-state index is 0.0174. The van der Waals surface area contributed by atoms with Gasteiger partial charge in [0.05, 0.1) is 22.3 Å². The quantitative estimate of drug-likeness (QED) is 0.688. The van der Waals surface area contributed by atoms with Gasteiger partial charge in [-0.25, -0.2) is 9.37 Å². The smallest absolute Gasteiger partial charge is 0.225 e. The predicted octanol–water partition coefficient (Wildman–Crippen LogP) is 3.62. The number of benzene rings is 1. The highest BCUT2D eigenvalue weighted by Gasteiger charge is 2.17. The molecule has 2 aromatic heterocycles. The largest absolute Gasteiger partial charge is 0.357 e. The molecule has 0 aliphatic rings. The molecule has 5 nitrogen and oxygen atoms in total. The average Bonchev–Trinajstić information content (AvgIpc) is 2.92. The number of nitrogens with one attached hydrogen (secondary N) is 2. The summed E-state index contributed by atoms with van der Waals surface area (Å²) in [5, 5.41) is 10.1.